The van der Waals surface area contributed by atoms with Crippen molar-refractivity contribution >= 4 is 5.69 Å². The van der Waals surface area contributed by atoms with Gasteiger partial charge in [-0.1, -0.05) is 0 Å². The molecule has 1 unspecified atom stereocenters. The fraction of sp³-hybridized carbons (Fsp3) is 0.688. The molecular formula is C16H26N4. The van der Waals surface area contributed by atoms with Crippen LogP contribution in [0.3, 0.4) is 0 Å². The molecule has 1 aliphatic heterocycles. The summed E-state index contributed by atoms with van der Waals surface area (Å²) in [6.45, 7) is 3.25. The Hall–Kier alpha value is -1.13. The van der Waals surface area contributed by atoms with Gasteiger partial charge in [-0.2, -0.15) is 0 Å². The second-order valence-electron chi connectivity index (χ2n) is 6.32. The number of rotatable bonds is 6. The molecule has 0 bridgehead atoms. The second kappa shape index (κ2) is 6.10. The first-order chi connectivity index (χ1) is 9.72. The molecular weight excluding hydrogens is 248 g/mol. The van der Waals surface area contributed by atoms with Gasteiger partial charge >= 0.3 is 0 Å². The van der Waals surface area contributed by atoms with Crippen molar-refractivity contribution in [2.45, 2.75) is 44.3 Å². The Morgan fingerprint density at radius 3 is 2.95 bits per heavy atom. The molecule has 1 saturated heterocycles. The Morgan fingerprint density at radius 2 is 2.25 bits per heavy atom. The van der Waals surface area contributed by atoms with Gasteiger partial charge in [-0.15, -0.1) is 0 Å². The highest BCUT2D eigenvalue weighted by molar-refractivity contribution is 5.46. The van der Waals surface area contributed by atoms with Gasteiger partial charge in [0.2, 0.25) is 0 Å². The normalized spacial score (nSPS) is 23.2. The van der Waals surface area contributed by atoms with E-state index in [1.54, 1.807) is 0 Å². The molecule has 3 rings (SSSR count). The number of pyridine rings is 1. The van der Waals surface area contributed by atoms with Crippen LogP contribution in [0.5, 0.6) is 0 Å². The average Bonchev–Trinajstić information content (AvgIpc) is 3.21. The maximum Gasteiger partial charge on any atom is 0.0562 e. The van der Waals surface area contributed by atoms with E-state index in [1.807, 2.05) is 6.20 Å². The highest BCUT2D eigenvalue weighted by Gasteiger charge is 2.22. The highest BCUT2D eigenvalue weighted by atomic mass is 15.2. The van der Waals surface area contributed by atoms with Gasteiger partial charge in [0.15, 0.2) is 0 Å². The van der Waals surface area contributed by atoms with Gasteiger partial charge in [0, 0.05) is 44.1 Å². The van der Waals surface area contributed by atoms with Crippen molar-refractivity contribution in [3.63, 3.8) is 0 Å². The first-order valence-electron chi connectivity index (χ1n) is 7.82. The number of likely N-dealkylation sites (N-methyl/N-ethyl adjacent to an activating group) is 2. The van der Waals surface area contributed by atoms with Gasteiger partial charge in [0.25, 0.3) is 0 Å². The van der Waals surface area contributed by atoms with E-state index in [1.165, 1.54) is 37.9 Å². The monoisotopic (exact) mass is 274 g/mol. The van der Waals surface area contributed by atoms with E-state index in [-0.39, 0.29) is 0 Å². The molecule has 0 aromatic carbocycles. The smallest absolute Gasteiger partial charge is 0.0562 e. The summed E-state index contributed by atoms with van der Waals surface area (Å²) in [5.41, 5.74) is 2.44. The van der Waals surface area contributed by atoms with E-state index in [0.29, 0.717) is 6.04 Å². The minimum absolute atomic E-state index is 0.696. The molecule has 1 saturated carbocycles. The molecule has 1 aromatic rings. The van der Waals surface area contributed by atoms with E-state index in [2.05, 4.69) is 46.3 Å². The molecule has 2 heterocycles. The van der Waals surface area contributed by atoms with E-state index in [0.717, 1.165) is 24.8 Å². The molecule has 1 atom stereocenters. The lowest BCUT2D eigenvalue weighted by molar-refractivity contribution is 0.314. The van der Waals surface area contributed by atoms with Crippen LogP contribution in [0.25, 0.3) is 0 Å². The SMILES string of the molecule is CN(CC1CCCN1C)c1ccnc(CNC2CC2)c1. The molecule has 0 spiro atoms. The Labute approximate surface area is 122 Å². The highest BCUT2D eigenvalue weighted by Crippen LogP contribution is 2.21. The van der Waals surface area contributed by atoms with Crippen LogP contribution in [0, 0.1) is 0 Å². The zero-order valence-corrected chi connectivity index (χ0v) is 12.7. The Balaban J connectivity index is 1.58. The summed E-state index contributed by atoms with van der Waals surface area (Å²) in [6, 6.07) is 5.78. The lowest BCUT2D eigenvalue weighted by atomic mass is 10.2. The Kier molecular flexibility index (Phi) is 4.22. The fourth-order valence-corrected chi connectivity index (χ4v) is 2.97. The van der Waals surface area contributed by atoms with E-state index >= 15 is 0 Å². The molecule has 4 nitrogen and oxygen atoms in total. The fourth-order valence-electron chi connectivity index (χ4n) is 2.97. The summed E-state index contributed by atoms with van der Waals surface area (Å²) in [4.78, 5) is 9.32. The number of aromatic nitrogens is 1. The van der Waals surface area contributed by atoms with Crippen LogP contribution < -0.4 is 10.2 Å². The van der Waals surface area contributed by atoms with Crippen LogP contribution in [0.15, 0.2) is 18.3 Å². The maximum atomic E-state index is 4.47. The molecule has 110 valence electrons. The zero-order chi connectivity index (χ0) is 13.9. The standard InChI is InChI=1S/C16H26N4/c1-19-9-3-4-16(19)12-20(2)15-7-8-17-14(10-15)11-18-13-5-6-13/h7-8,10,13,16,18H,3-6,9,11-12H2,1-2H3. The topological polar surface area (TPSA) is 31.4 Å². The Morgan fingerprint density at radius 1 is 1.40 bits per heavy atom. The zero-order valence-electron chi connectivity index (χ0n) is 12.7. The third kappa shape index (κ3) is 3.49. The summed E-state index contributed by atoms with van der Waals surface area (Å²) in [6.07, 6.45) is 7.25. The summed E-state index contributed by atoms with van der Waals surface area (Å²) >= 11 is 0. The summed E-state index contributed by atoms with van der Waals surface area (Å²) < 4.78 is 0. The summed E-state index contributed by atoms with van der Waals surface area (Å²) in [5.74, 6) is 0. The van der Waals surface area contributed by atoms with Crippen molar-refractivity contribution in [2.24, 2.45) is 0 Å². The molecule has 2 fully saturated rings. The number of likely N-dealkylation sites (tertiary alicyclic amines) is 1. The van der Waals surface area contributed by atoms with Crippen LogP contribution in [-0.4, -0.2) is 49.2 Å². The van der Waals surface area contributed by atoms with Crippen LogP contribution >= 0.6 is 0 Å². The van der Waals surface area contributed by atoms with Crippen molar-refractivity contribution < 1.29 is 0 Å². The third-order valence-corrected chi connectivity index (χ3v) is 4.55. The molecule has 4 heteroatoms. The summed E-state index contributed by atoms with van der Waals surface area (Å²) in [7, 11) is 4.43. The molecule has 0 radical (unpaired) electrons. The number of hydrogen-bond acceptors (Lipinski definition) is 4. The molecule has 20 heavy (non-hydrogen) atoms. The Bertz CT molecular complexity index is 444. The predicted octanol–water partition coefficient (Wildman–Crippen LogP) is 1.86. The lowest BCUT2D eigenvalue weighted by Gasteiger charge is -2.27. The van der Waals surface area contributed by atoms with Crippen LogP contribution in [0.4, 0.5) is 5.69 Å². The van der Waals surface area contributed by atoms with Gasteiger partial charge in [0.05, 0.1) is 5.69 Å². The molecule has 1 aromatic heterocycles. The number of hydrogen-bond donors (Lipinski definition) is 1. The first-order valence-corrected chi connectivity index (χ1v) is 7.82. The predicted molar refractivity (Wildman–Crippen MR) is 83.0 cm³/mol. The number of anilines is 1. The quantitative estimate of drug-likeness (QED) is 0.858. The lowest BCUT2D eigenvalue weighted by Crippen LogP contribution is -2.36. The van der Waals surface area contributed by atoms with E-state index in [4.69, 9.17) is 0 Å². The molecule has 1 N–H and O–H groups in total. The third-order valence-electron chi connectivity index (χ3n) is 4.55. The van der Waals surface area contributed by atoms with Gasteiger partial charge in [0.1, 0.15) is 0 Å². The van der Waals surface area contributed by atoms with Crippen LogP contribution in [0.2, 0.25) is 0 Å². The number of nitrogens with one attached hydrogen (secondary N) is 1. The van der Waals surface area contributed by atoms with Gasteiger partial charge in [-0.05, 0) is 51.4 Å². The van der Waals surface area contributed by atoms with Gasteiger partial charge in [-0.25, -0.2) is 0 Å². The molecule has 1 aliphatic carbocycles. The van der Waals surface area contributed by atoms with Crippen molar-refractivity contribution in [3.8, 4) is 0 Å². The van der Waals surface area contributed by atoms with Crippen molar-refractivity contribution in [1.82, 2.24) is 15.2 Å². The van der Waals surface area contributed by atoms with Crippen molar-refractivity contribution in [3.05, 3.63) is 24.0 Å². The molecule has 2 aliphatic rings. The van der Waals surface area contributed by atoms with E-state index < -0.39 is 0 Å². The molecule has 0 amide bonds. The maximum absolute atomic E-state index is 4.47. The van der Waals surface area contributed by atoms with Gasteiger partial charge in [-0.3, -0.25) is 4.98 Å². The van der Waals surface area contributed by atoms with Crippen molar-refractivity contribution in [1.29, 1.82) is 0 Å². The van der Waals surface area contributed by atoms with Crippen LogP contribution in [0.1, 0.15) is 31.4 Å². The first kappa shape index (κ1) is 13.8. The van der Waals surface area contributed by atoms with Gasteiger partial charge < -0.3 is 15.1 Å². The largest absolute Gasteiger partial charge is 0.373 e. The minimum Gasteiger partial charge on any atom is -0.373 e. The number of nitrogens with zero attached hydrogens (tertiary/aromatic N) is 3. The van der Waals surface area contributed by atoms with E-state index in [9.17, 15) is 0 Å². The minimum atomic E-state index is 0.696. The van der Waals surface area contributed by atoms with Crippen molar-refractivity contribution in [2.75, 3.05) is 32.1 Å². The summed E-state index contributed by atoms with van der Waals surface area (Å²) in [5, 5.41) is 3.53. The average molecular weight is 274 g/mol. The second-order valence-corrected chi connectivity index (χ2v) is 6.32. The van der Waals surface area contributed by atoms with Crippen LogP contribution in [-0.2, 0) is 6.54 Å².